The summed E-state index contributed by atoms with van der Waals surface area (Å²) in [6.07, 6.45) is 1.42. The van der Waals surface area contributed by atoms with Gasteiger partial charge in [0.15, 0.2) is 0 Å². The van der Waals surface area contributed by atoms with Crippen LogP contribution < -0.4 is 16.0 Å². The Labute approximate surface area is 108 Å². The van der Waals surface area contributed by atoms with Crippen LogP contribution in [0.1, 0.15) is 32.3 Å². The maximum absolute atomic E-state index is 11.6. The first kappa shape index (κ1) is 14.2. The summed E-state index contributed by atoms with van der Waals surface area (Å²) in [6, 6.07) is 0. The number of aromatic nitrogens is 2. The van der Waals surface area contributed by atoms with Crippen molar-refractivity contribution in [3.8, 4) is 0 Å². The van der Waals surface area contributed by atoms with E-state index in [9.17, 15) is 4.79 Å². The highest BCUT2D eigenvalue weighted by molar-refractivity contribution is 5.81. The van der Waals surface area contributed by atoms with E-state index in [2.05, 4.69) is 15.3 Å². The average Bonchev–Trinajstić information content (AvgIpc) is 2.28. The predicted octanol–water partition coefficient (Wildman–Crippen LogP) is 0.754. The summed E-state index contributed by atoms with van der Waals surface area (Å²) in [5, 5.41) is 2.75. The zero-order valence-electron chi connectivity index (χ0n) is 11.4. The summed E-state index contributed by atoms with van der Waals surface area (Å²) in [5.74, 6) is 1.35. The van der Waals surface area contributed by atoms with Crippen LogP contribution in [0, 0.1) is 0 Å². The van der Waals surface area contributed by atoms with Crippen LogP contribution in [-0.2, 0) is 4.79 Å². The zero-order chi connectivity index (χ0) is 13.7. The molecule has 0 fully saturated rings. The topological polar surface area (TPSA) is 84.1 Å². The van der Waals surface area contributed by atoms with Crippen molar-refractivity contribution in [2.45, 2.75) is 26.7 Å². The van der Waals surface area contributed by atoms with Crippen molar-refractivity contribution in [2.24, 2.45) is 0 Å². The summed E-state index contributed by atoms with van der Waals surface area (Å²) in [5.41, 5.74) is 6.75. The molecule has 6 heteroatoms. The molecule has 3 N–H and O–H groups in total. The molecule has 0 aliphatic carbocycles. The van der Waals surface area contributed by atoms with Gasteiger partial charge < -0.3 is 16.0 Å². The van der Waals surface area contributed by atoms with Crippen LogP contribution in [0.2, 0.25) is 0 Å². The SMILES string of the molecule is CCNC(=O)CN(C)c1ncnc(N)c1C(C)C. The smallest absolute Gasteiger partial charge is 0.239 e. The number of hydrogen-bond donors (Lipinski definition) is 2. The monoisotopic (exact) mass is 251 g/mol. The third-order valence-corrected chi connectivity index (χ3v) is 2.59. The average molecular weight is 251 g/mol. The molecule has 0 aromatic carbocycles. The Balaban J connectivity index is 2.95. The number of nitrogen functional groups attached to an aromatic ring is 1. The number of carbonyl (C=O) groups is 1. The van der Waals surface area contributed by atoms with Crippen LogP contribution in [0.25, 0.3) is 0 Å². The van der Waals surface area contributed by atoms with Crippen molar-refractivity contribution in [2.75, 3.05) is 30.8 Å². The second kappa shape index (κ2) is 6.18. The molecule has 0 unspecified atom stereocenters. The fraction of sp³-hybridized carbons (Fsp3) is 0.583. The third-order valence-electron chi connectivity index (χ3n) is 2.59. The first-order valence-electron chi connectivity index (χ1n) is 6.05. The van der Waals surface area contributed by atoms with Gasteiger partial charge in [0.25, 0.3) is 0 Å². The lowest BCUT2D eigenvalue weighted by Gasteiger charge is -2.22. The normalized spacial score (nSPS) is 10.5. The molecule has 0 atom stereocenters. The molecule has 0 bridgehead atoms. The molecule has 1 aromatic rings. The van der Waals surface area contributed by atoms with Gasteiger partial charge in [0.1, 0.15) is 18.0 Å². The fourth-order valence-electron chi connectivity index (χ4n) is 1.80. The molecule has 6 nitrogen and oxygen atoms in total. The van der Waals surface area contributed by atoms with E-state index in [1.165, 1.54) is 6.33 Å². The van der Waals surface area contributed by atoms with Crippen molar-refractivity contribution in [1.29, 1.82) is 0 Å². The zero-order valence-corrected chi connectivity index (χ0v) is 11.4. The van der Waals surface area contributed by atoms with Crippen molar-refractivity contribution in [1.82, 2.24) is 15.3 Å². The van der Waals surface area contributed by atoms with E-state index >= 15 is 0 Å². The van der Waals surface area contributed by atoms with Gasteiger partial charge in [0.2, 0.25) is 5.91 Å². The number of rotatable bonds is 5. The third kappa shape index (κ3) is 3.32. The van der Waals surface area contributed by atoms with Crippen LogP contribution >= 0.6 is 0 Å². The minimum atomic E-state index is -0.0353. The van der Waals surface area contributed by atoms with Crippen LogP contribution in [-0.4, -0.2) is 36.0 Å². The first-order valence-corrected chi connectivity index (χ1v) is 6.05. The molecule has 1 aromatic heterocycles. The molecule has 1 heterocycles. The number of likely N-dealkylation sites (N-methyl/N-ethyl adjacent to an activating group) is 2. The molecule has 0 spiro atoms. The molecule has 0 radical (unpaired) electrons. The molecular formula is C12H21N5O. The van der Waals surface area contributed by atoms with E-state index in [4.69, 9.17) is 5.73 Å². The minimum absolute atomic E-state index is 0.0353. The van der Waals surface area contributed by atoms with Gasteiger partial charge in [-0.1, -0.05) is 13.8 Å². The Bertz CT molecular complexity index is 419. The van der Waals surface area contributed by atoms with Crippen LogP contribution in [0.4, 0.5) is 11.6 Å². The number of hydrogen-bond acceptors (Lipinski definition) is 5. The first-order chi connectivity index (χ1) is 8.47. The molecular weight excluding hydrogens is 230 g/mol. The van der Waals surface area contributed by atoms with Gasteiger partial charge in [-0.05, 0) is 12.8 Å². The van der Waals surface area contributed by atoms with Crippen molar-refractivity contribution < 1.29 is 4.79 Å². The summed E-state index contributed by atoms with van der Waals surface area (Å²) < 4.78 is 0. The number of carbonyl (C=O) groups excluding carboxylic acids is 1. The lowest BCUT2D eigenvalue weighted by atomic mass is 10.0. The lowest BCUT2D eigenvalue weighted by Crippen LogP contribution is -2.36. The second-order valence-electron chi connectivity index (χ2n) is 4.46. The highest BCUT2D eigenvalue weighted by atomic mass is 16.2. The Morgan fingerprint density at radius 3 is 2.72 bits per heavy atom. The molecule has 18 heavy (non-hydrogen) atoms. The van der Waals surface area contributed by atoms with Crippen LogP contribution in [0.15, 0.2) is 6.33 Å². The summed E-state index contributed by atoms with van der Waals surface area (Å²) in [4.78, 5) is 21.6. The molecule has 0 aliphatic heterocycles. The number of nitrogens with one attached hydrogen (secondary N) is 1. The minimum Gasteiger partial charge on any atom is -0.383 e. The molecule has 1 rings (SSSR count). The fourth-order valence-corrected chi connectivity index (χ4v) is 1.80. The highest BCUT2D eigenvalue weighted by Crippen LogP contribution is 2.28. The van der Waals surface area contributed by atoms with Gasteiger partial charge in [0.05, 0.1) is 6.54 Å². The van der Waals surface area contributed by atoms with Crippen molar-refractivity contribution in [3.63, 3.8) is 0 Å². The Morgan fingerprint density at radius 1 is 1.50 bits per heavy atom. The predicted molar refractivity (Wildman–Crippen MR) is 72.5 cm³/mol. The van der Waals surface area contributed by atoms with E-state index in [1.54, 1.807) is 4.90 Å². The summed E-state index contributed by atoms with van der Waals surface area (Å²) >= 11 is 0. The van der Waals surface area contributed by atoms with Crippen LogP contribution in [0.5, 0.6) is 0 Å². The van der Waals surface area contributed by atoms with Gasteiger partial charge in [-0.2, -0.15) is 0 Å². The largest absolute Gasteiger partial charge is 0.383 e. The lowest BCUT2D eigenvalue weighted by molar-refractivity contribution is -0.119. The van der Waals surface area contributed by atoms with Crippen LogP contribution in [0.3, 0.4) is 0 Å². The Hall–Kier alpha value is -1.85. The van der Waals surface area contributed by atoms with Gasteiger partial charge in [-0.15, -0.1) is 0 Å². The quantitative estimate of drug-likeness (QED) is 0.807. The van der Waals surface area contributed by atoms with E-state index in [1.807, 2.05) is 27.8 Å². The Morgan fingerprint density at radius 2 is 2.17 bits per heavy atom. The van der Waals surface area contributed by atoms with Gasteiger partial charge >= 0.3 is 0 Å². The summed E-state index contributed by atoms with van der Waals surface area (Å²) in [6.45, 7) is 6.82. The summed E-state index contributed by atoms with van der Waals surface area (Å²) in [7, 11) is 1.82. The van der Waals surface area contributed by atoms with Gasteiger partial charge in [0, 0.05) is 19.2 Å². The second-order valence-corrected chi connectivity index (χ2v) is 4.46. The number of nitrogens with zero attached hydrogens (tertiary/aromatic N) is 3. The highest BCUT2D eigenvalue weighted by Gasteiger charge is 2.17. The van der Waals surface area contributed by atoms with Crippen molar-refractivity contribution in [3.05, 3.63) is 11.9 Å². The molecule has 0 saturated heterocycles. The maximum Gasteiger partial charge on any atom is 0.239 e. The molecule has 100 valence electrons. The number of anilines is 2. The Kier molecular flexibility index (Phi) is 4.88. The van der Waals surface area contributed by atoms with Crippen molar-refractivity contribution >= 4 is 17.5 Å². The maximum atomic E-state index is 11.6. The van der Waals surface area contributed by atoms with E-state index in [0.717, 1.165) is 5.56 Å². The van der Waals surface area contributed by atoms with E-state index in [-0.39, 0.29) is 18.4 Å². The molecule has 0 aliphatic rings. The molecule has 1 amide bonds. The van der Waals surface area contributed by atoms with E-state index in [0.29, 0.717) is 18.2 Å². The molecule has 0 saturated carbocycles. The standard InChI is InChI=1S/C12H21N5O/c1-5-14-9(18)6-17(4)12-10(8(2)3)11(13)15-7-16-12/h7-8H,5-6H2,1-4H3,(H,14,18)(H2,13,15,16). The van der Waals surface area contributed by atoms with Gasteiger partial charge in [-0.25, -0.2) is 9.97 Å². The number of nitrogens with two attached hydrogens (primary N) is 1. The van der Waals surface area contributed by atoms with E-state index < -0.39 is 0 Å². The van der Waals surface area contributed by atoms with Gasteiger partial charge in [-0.3, -0.25) is 4.79 Å². The number of amides is 1.